The molecule has 9 heteroatoms. The van der Waals surface area contributed by atoms with Gasteiger partial charge in [-0.15, -0.1) is 0 Å². The lowest BCUT2D eigenvalue weighted by atomic mass is 9.89. The van der Waals surface area contributed by atoms with E-state index in [-0.39, 0.29) is 24.4 Å². The number of rotatable bonds is 6. The van der Waals surface area contributed by atoms with Crippen LogP contribution in [0.4, 0.5) is 16.2 Å². The molecule has 0 bridgehead atoms. The molecule has 2 aliphatic rings. The predicted molar refractivity (Wildman–Crippen MR) is 108 cm³/mol. The van der Waals surface area contributed by atoms with E-state index in [2.05, 4.69) is 15.5 Å². The number of amides is 3. The summed E-state index contributed by atoms with van der Waals surface area (Å²) in [6.07, 6.45) is 1.67. The summed E-state index contributed by atoms with van der Waals surface area (Å²) in [5, 5.41) is 6.38. The van der Waals surface area contributed by atoms with Gasteiger partial charge in [-0.2, -0.15) is 0 Å². The number of halogens is 1. The van der Waals surface area contributed by atoms with Crippen molar-refractivity contribution in [3.63, 3.8) is 0 Å². The van der Waals surface area contributed by atoms with Gasteiger partial charge in [0.05, 0.1) is 29.6 Å². The smallest absolute Gasteiger partial charge is 0.319 e. The number of benzene rings is 1. The first-order valence-electron chi connectivity index (χ1n) is 9.59. The Morgan fingerprint density at radius 3 is 2.54 bits per heavy atom. The van der Waals surface area contributed by atoms with Crippen molar-refractivity contribution in [2.75, 3.05) is 49.7 Å². The summed E-state index contributed by atoms with van der Waals surface area (Å²) in [4.78, 5) is 26.3. The molecule has 0 aliphatic carbocycles. The fraction of sp³-hybridized carbons (Fsp3) is 0.579. The molecule has 0 aromatic heterocycles. The van der Waals surface area contributed by atoms with E-state index < -0.39 is 5.91 Å². The number of carbonyl (C=O) groups is 2. The van der Waals surface area contributed by atoms with Gasteiger partial charge in [0.1, 0.15) is 0 Å². The topological polar surface area (TPSA) is 106 Å². The summed E-state index contributed by atoms with van der Waals surface area (Å²) in [5.41, 5.74) is 6.79. The molecule has 1 aromatic carbocycles. The number of para-hydroxylation sites is 1. The van der Waals surface area contributed by atoms with Gasteiger partial charge >= 0.3 is 6.03 Å². The van der Waals surface area contributed by atoms with Crippen LogP contribution in [-0.2, 0) is 14.3 Å². The van der Waals surface area contributed by atoms with E-state index in [1.54, 1.807) is 12.1 Å². The minimum absolute atomic E-state index is 0.101. The number of hydrogen-bond donors (Lipinski definition) is 3. The Morgan fingerprint density at radius 1 is 1.18 bits per heavy atom. The Hall–Kier alpha value is -2.03. The second kappa shape index (κ2) is 9.95. The zero-order valence-corrected chi connectivity index (χ0v) is 16.5. The van der Waals surface area contributed by atoms with E-state index in [4.69, 9.17) is 26.8 Å². The standard InChI is InChI=1S/C19H27ClN4O4/c20-14-2-1-3-15(18(14)24-6-10-28-11-7-24)22-19(26)23-16(12-17(21)25)13-4-8-27-9-5-13/h1-3,13,16H,4-12H2,(H2,21,25)(H2,22,23,26). The second-order valence-electron chi connectivity index (χ2n) is 7.06. The maximum Gasteiger partial charge on any atom is 0.319 e. The lowest BCUT2D eigenvalue weighted by Gasteiger charge is -2.32. The monoisotopic (exact) mass is 410 g/mol. The summed E-state index contributed by atoms with van der Waals surface area (Å²) in [6.45, 7) is 3.87. The van der Waals surface area contributed by atoms with Gasteiger partial charge in [-0.25, -0.2) is 4.79 Å². The normalized spacial score (nSPS) is 19.1. The number of urea groups is 1. The maximum atomic E-state index is 12.7. The number of nitrogens with two attached hydrogens (primary N) is 1. The summed E-state index contributed by atoms with van der Waals surface area (Å²) in [6, 6.07) is 4.70. The third-order valence-corrected chi connectivity index (χ3v) is 5.44. The van der Waals surface area contributed by atoms with Gasteiger partial charge < -0.3 is 30.7 Å². The van der Waals surface area contributed by atoms with Gasteiger partial charge in [-0.1, -0.05) is 17.7 Å². The first-order chi connectivity index (χ1) is 13.5. The van der Waals surface area contributed by atoms with Crippen molar-refractivity contribution in [2.24, 2.45) is 11.7 Å². The summed E-state index contributed by atoms with van der Waals surface area (Å²) >= 11 is 6.41. The lowest BCUT2D eigenvalue weighted by Crippen LogP contribution is -2.46. The molecular formula is C19H27ClN4O4. The van der Waals surface area contributed by atoms with Crippen LogP contribution in [0.5, 0.6) is 0 Å². The van der Waals surface area contributed by atoms with E-state index >= 15 is 0 Å². The summed E-state index contributed by atoms with van der Waals surface area (Å²) in [5.74, 6) is -0.279. The number of primary amides is 1. The van der Waals surface area contributed by atoms with Crippen molar-refractivity contribution < 1.29 is 19.1 Å². The molecule has 2 fully saturated rings. The minimum atomic E-state index is -0.437. The van der Waals surface area contributed by atoms with Crippen molar-refractivity contribution in [1.29, 1.82) is 0 Å². The van der Waals surface area contributed by atoms with E-state index in [0.29, 0.717) is 50.2 Å². The van der Waals surface area contributed by atoms with Gasteiger partial charge in [0, 0.05) is 38.8 Å². The minimum Gasteiger partial charge on any atom is -0.381 e. The largest absolute Gasteiger partial charge is 0.381 e. The van der Waals surface area contributed by atoms with Crippen LogP contribution < -0.4 is 21.3 Å². The number of nitrogens with one attached hydrogen (secondary N) is 2. The third-order valence-electron chi connectivity index (χ3n) is 5.13. The first kappa shape index (κ1) is 20.7. The van der Waals surface area contributed by atoms with Crippen LogP contribution in [0.2, 0.25) is 5.02 Å². The van der Waals surface area contributed by atoms with Gasteiger partial charge in [0.25, 0.3) is 0 Å². The molecule has 1 unspecified atom stereocenters. The summed E-state index contributed by atoms with van der Waals surface area (Å²) < 4.78 is 10.8. The zero-order chi connectivity index (χ0) is 19.9. The highest BCUT2D eigenvalue weighted by molar-refractivity contribution is 6.34. The van der Waals surface area contributed by atoms with E-state index in [1.165, 1.54) is 0 Å². The SMILES string of the molecule is NC(=O)CC(NC(=O)Nc1cccc(Cl)c1N1CCOCC1)C1CCOCC1. The van der Waals surface area contributed by atoms with Gasteiger partial charge in [-0.3, -0.25) is 4.79 Å². The van der Waals surface area contributed by atoms with Crippen LogP contribution in [0.15, 0.2) is 18.2 Å². The molecule has 0 spiro atoms. The quantitative estimate of drug-likeness (QED) is 0.664. The Bertz CT molecular complexity index is 691. The molecule has 2 heterocycles. The Morgan fingerprint density at radius 2 is 1.86 bits per heavy atom. The van der Waals surface area contributed by atoms with Crippen LogP contribution in [-0.4, -0.2) is 57.5 Å². The van der Waals surface area contributed by atoms with Crippen LogP contribution in [0.3, 0.4) is 0 Å². The molecule has 0 saturated carbocycles. The molecule has 1 aromatic rings. The number of morpholine rings is 1. The number of carbonyl (C=O) groups excluding carboxylic acids is 2. The molecule has 4 N–H and O–H groups in total. The highest BCUT2D eigenvalue weighted by Gasteiger charge is 2.27. The molecule has 3 rings (SSSR count). The maximum absolute atomic E-state index is 12.7. The van der Waals surface area contributed by atoms with Crippen LogP contribution in [0.1, 0.15) is 19.3 Å². The van der Waals surface area contributed by atoms with Gasteiger partial charge in [-0.05, 0) is 30.9 Å². The van der Waals surface area contributed by atoms with Crippen molar-refractivity contribution in [3.05, 3.63) is 23.2 Å². The molecule has 3 amide bonds. The van der Waals surface area contributed by atoms with Gasteiger partial charge in [0.2, 0.25) is 5.91 Å². The number of nitrogens with zero attached hydrogens (tertiary/aromatic N) is 1. The van der Waals surface area contributed by atoms with E-state index in [1.807, 2.05) is 6.07 Å². The van der Waals surface area contributed by atoms with E-state index in [0.717, 1.165) is 18.5 Å². The third kappa shape index (κ3) is 5.50. The highest BCUT2D eigenvalue weighted by atomic mass is 35.5. The molecule has 1 atom stereocenters. The van der Waals surface area contributed by atoms with E-state index in [9.17, 15) is 9.59 Å². The molecule has 2 saturated heterocycles. The summed E-state index contributed by atoms with van der Waals surface area (Å²) in [7, 11) is 0. The second-order valence-corrected chi connectivity index (χ2v) is 7.47. The lowest BCUT2D eigenvalue weighted by molar-refractivity contribution is -0.118. The molecule has 28 heavy (non-hydrogen) atoms. The molecule has 154 valence electrons. The Balaban J connectivity index is 1.70. The molecule has 0 radical (unpaired) electrons. The van der Waals surface area contributed by atoms with Gasteiger partial charge in [0.15, 0.2) is 0 Å². The number of hydrogen-bond acceptors (Lipinski definition) is 5. The highest BCUT2D eigenvalue weighted by Crippen LogP contribution is 2.34. The molecular weight excluding hydrogens is 384 g/mol. The van der Waals surface area contributed by atoms with Crippen LogP contribution in [0.25, 0.3) is 0 Å². The van der Waals surface area contributed by atoms with Crippen LogP contribution >= 0.6 is 11.6 Å². The fourth-order valence-corrected chi connectivity index (χ4v) is 4.02. The van der Waals surface area contributed by atoms with Crippen molar-refractivity contribution >= 4 is 34.9 Å². The fourth-order valence-electron chi connectivity index (χ4n) is 3.72. The van der Waals surface area contributed by atoms with Crippen molar-refractivity contribution in [1.82, 2.24) is 5.32 Å². The average molecular weight is 411 g/mol. The zero-order valence-electron chi connectivity index (χ0n) is 15.8. The first-order valence-corrected chi connectivity index (χ1v) is 9.97. The van der Waals surface area contributed by atoms with Crippen LogP contribution in [0, 0.1) is 5.92 Å². The Labute approximate surface area is 169 Å². The Kier molecular flexibility index (Phi) is 7.36. The van der Waals surface area contributed by atoms with Crippen molar-refractivity contribution in [2.45, 2.75) is 25.3 Å². The molecule has 2 aliphatic heterocycles. The number of anilines is 2. The number of ether oxygens (including phenoxy) is 2. The molecule has 8 nitrogen and oxygen atoms in total. The average Bonchev–Trinajstić information content (AvgIpc) is 2.68. The predicted octanol–water partition coefficient (Wildman–Crippen LogP) is 1.97. The van der Waals surface area contributed by atoms with Crippen molar-refractivity contribution in [3.8, 4) is 0 Å².